The molecule has 1 aromatic heterocycles. The first-order valence-corrected chi connectivity index (χ1v) is 7.21. The van der Waals surface area contributed by atoms with Gasteiger partial charge in [-0.25, -0.2) is 0 Å². The quantitative estimate of drug-likeness (QED) is 0.796. The number of carbonyl (C=O) groups excluding carboxylic acids is 2. The minimum Gasteiger partial charge on any atom is -0.385 e. The van der Waals surface area contributed by atoms with E-state index in [9.17, 15) is 9.59 Å². The zero-order chi connectivity index (χ0) is 15.5. The summed E-state index contributed by atoms with van der Waals surface area (Å²) >= 11 is 0. The molecule has 0 spiro atoms. The number of amides is 2. The summed E-state index contributed by atoms with van der Waals surface area (Å²) in [6, 6.07) is 3.88. The van der Waals surface area contributed by atoms with E-state index < -0.39 is 5.54 Å². The molecule has 0 radical (unpaired) electrons. The van der Waals surface area contributed by atoms with Crippen LogP contribution in [0.2, 0.25) is 0 Å². The third kappa shape index (κ3) is 3.58. The number of aromatic nitrogens is 1. The Balaban J connectivity index is 2.12. The largest absolute Gasteiger partial charge is 0.385 e. The lowest BCUT2D eigenvalue weighted by Gasteiger charge is -2.39. The normalized spacial score (nSPS) is 18.4. The molecular weight excluding hydrogens is 268 g/mol. The van der Waals surface area contributed by atoms with E-state index in [0.29, 0.717) is 6.54 Å². The van der Waals surface area contributed by atoms with Crippen molar-refractivity contribution in [3.63, 3.8) is 0 Å². The number of imide groups is 1. The lowest BCUT2D eigenvalue weighted by molar-refractivity contribution is -0.145. The molecule has 6 nitrogen and oxygen atoms in total. The topological polar surface area (TPSA) is 74.3 Å². The number of nitrogens with zero attached hydrogens (tertiary/aromatic N) is 2. The summed E-state index contributed by atoms with van der Waals surface area (Å²) in [5, 5.41) is 5.68. The molecule has 1 aromatic rings. The van der Waals surface area contributed by atoms with E-state index in [2.05, 4.69) is 22.5 Å². The lowest BCUT2D eigenvalue weighted by Crippen LogP contribution is -2.63. The number of piperazine rings is 1. The standard InChI is InChI=1S/C15H22N4O2/c1-4-6-16-11-5-7-17-12(8-11)9-19-10-13(20)18-14(21)15(19,2)3/h5,7-8H,4,6,9-10H2,1-3H3,(H,16,17)(H,18,20,21). The average Bonchev–Trinajstić information content (AvgIpc) is 2.43. The average molecular weight is 290 g/mol. The third-order valence-electron chi connectivity index (χ3n) is 3.68. The summed E-state index contributed by atoms with van der Waals surface area (Å²) in [5.41, 5.74) is 1.13. The van der Waals surface area contributed by atoms with E-state index in [4.69, 9.17) is 0 Å². The minimum atomic E-state index is -0.720. The molecule has 1 saturated heterocycles. The summed E-state index contributed by atoms with van der Waals surface area (Å²) in [6.07, 6.45) is 2.79. The van der Waals surface area contributed by atoms with Crippen LogP contribution >= 0.6 is 0 Å². The van der Waals surface area contributed by atoms with Crippen LogP contribution in [0.15, 0.2) is 18.3 Å². The Hall–Kier alpha value is -1.95. The predicted octanol–water partition coefficient (Wildman–Crippen LogP) is 1.14. The van der Waals surface area contributed by atoms with Crippen molar-refractivity contribution in [1.29, 1.82) is 0 Å². The molecule has 0 bridgehead atoms. The van der Waals surface area contributed by atoms with E-state index in [1.165, 1.54) is 0 Å². The Kier molecular flexibility index (Phi) is 4.57. The number of carbonyl (C=O) groups is 2. The molecule has 2 heterocycles. The van der Waals surface area contributed by atoms with Crippen molar-refractivity contribution in [3.05, 3.63) is 24.0 Å². The first kappa shape index (κ1) is 15.4. The molecule has 0 aliphatic carbocycles. The van der Waals surface area contributed by atoms with Gasteiger partial charge in [0.15, 0.2) is 0 Å². The van der Waals surface area contributed by atoms with Crippen LogP contribution in [0.3, 0.4) is 0 Å². The van der Waals surface area contributed by atoms with Gasteiger partial charge in [0.25, 0.3) is 0 Å². The second-order valence-corrected chi connectivity index (χ2v) is 5.76. The summed E-state index contributed by atoms with van der Waals surface area (Å²) in [7, 11) is 0. The van der Waals surface area contributed by atoms with Crippen LogP contribution in [-0.4, -0.2) is 40.3 Å². The molecule has 0 aromatic carbocycles. The molecule has 2 N–H and O–H groups in total. The molecule has 1 aliphatic heterocycles. The fraction of sp³-hybridized carbons (Fsp3) is 0.533. The van der Waals surface area contributed by atoms with Crippen LogP contribution in [0.5, 0.6) is 0 Å². The van der Waals surface area contributed by atoms with E-state index >= 15 is 0 Å². The Morgan fingerprint density at radius 3 is 2.90 bits per heavy atom. The highest BCUT2D eigenvalue weighted by molar-refractivity contribution is 6.02. The third-order valence-corrected chi connectivity index (χ3v) is 3.68. The van der Waals surface area contributed by atoms with Crippen molar-refractivity contribution in [2.75, 3.05) is 18.4 Å². The van der Waals surface area contributed by atoms with Crippen LogP contribution in [0.25, 0.3) is 0 Å². The van der Waals surface area contributed by atoms with Gasteiger partial charge < -0.3 is 5.32 Å². The molecule has 6 heteroatoms. The molecule has 1 fully saturated rings. The van der Waals surface area contributed by atoms with E-state index in [0.717, 1.165) is 24.3 Å². The molecule has 21 heavy (non-hydrogen) atoms. The number of nitrogens with one attached hydrogen (secondary N) is 2. The number of hydrogen-bond donors (Lipinski definition) is 2. The highest BCUT2D eigenvalue weighted by Gasteiger charge is 2.40. The van der Waals surface area contributed by atoms with Gasteiger partial charge in [0.05, 0.1) is 17.8 Å². The monoisotopic (exact) mass is 290 g/mol. The Morgan fingerprint density at radius 1 is 1.43 bits per heavy atom. The van der Waals surface area contributed by atoms with Gasteiger partial charge in [-0.15, -0.1) is 0 Å². The van der Waals surface area contributed by atoms with Gasteiger partial charge in [-0.05, 0) is 32.4 Å². The minimum absolute atomic E-state index is 0.201. The number of hydrogen-bond acceptors (Lipinski definition) is 5. The van der Waals surface area contributed by atoms with Crippen molar-refractivity contribution in [2.24, 2.45) is 0 Å². The first-order chi connectivity index (χ1) is 9.93. The van der Waals surface area contributed by atoms with Gasteiger partial charge in [-0.2, -0.15) is 0 Å². The van der Waals surface area contributed by atoms with Gasteiger partial charge in [0.2, 0.25) is 11.8 Å². The van der Waals surface area contributed by atoms with Crippen molar-refractivity contribution in [3.8, 4) is 0 Å². The van der Waals surface area contributed by atoms with E-state index in [-0.39, 0.29) is 18.4 Å². The fourth-order valence-corrected chi connectivity index (χ4v) is 2.23. The molecule has 1 aliphatic rings. The Bertz CT molecular complexity index is 542. The van der Waals surface area contributed by atoms with Crippen molar-refractivity contribution in [2.45, 2.75) is 39.3 Å². The maximum absolute atomic E-state index is 11.9. The zero-order valence-corrected chi connectivity index (χ0v) is 12.8. The van der Waals surface area contributed by atoms with Crippen LogP contribution < -0.4 is 10.6 Å². The summed E-state index contributed by atoms with van der Waals surface area (Å²) < 4.78 is 0. The number of anilines is 1. The van der Waals surface area contributed by atoms with Crippen molar-refractivity contribution >= 4 is 17.5 Å². The van der Waals surface area contributed by atoms with E-state index in [1.807, 2.05) is 30.9 Å². The second kappa shape index (κ2) is 6.22. The SMILES string of the molecule is CCCNc1ccnc(CN2CC(=O)NC(=O)C2(C)C)c1. The van der Waals surface area contributed by atoms with Crippen LogP contribution in [0, 0.1) is 0 Å². The number of pyridine rings is 1. The van der Waals surface area contributed by atoms with Gasteiger partial charge in [-0.3, -0.25) is 24.8 Å². The van der Waals surface area contributed by atoms with Gasteiger partial charge in [0.1, 0.15) is 0 Å². The predicted molar refractivity (Wildman–Crippen MR) is 80.7 cm³/mol. The van der Waals surface area contributed by atoms with Crippen LogP contribution in [0.4, 0.5) is 5.69 Å². The van der Waals surface area contributed by atoms with E-state index in [1.54, 1.807) is 6.20 Å². The van der Waals surface area contributed by atoms with Crippen LogP contribution in [0.1, 0.15) is 32.9 Å². The maximum Gasteiger partial charge on any atom is 0.246 e. The molecule has 114 valence electrons. The molecular formula is C15H22N4O2. The fourth-order valence-electron chi connectivity index (χ4n) is 2.23. The number of rotatable bonds is 5. The lowest BCUT2D eigenvalue weighted by atomic mass is 9.98. The molecule has 2 rings (SSSR count). The Morgan fingerprint density at radius 2 is 2.19 bits per heavy atom. The zero-order valence-electron chi connectivity index (χ0n) is 12.8. The molecule has 0 atom stereocenters. The van der Waals surface area contributed by atoms with Crippen molar-refractivity contribution in [1.82, 2.24) is 15.2 Å². The van der Waals surface area contributed by atoms with Gasteiger partial charge >= 0.3 is 0 Å². The molecule has 2 amide bonds. The van der Waals surface area contributed by atoms with Gasteiger partial charge in [-0.1, -0.05) is 6.92 Å². The van der Waals surface area contributed by atoms with Gasteiger partial charge in [0, 0.05) is 25.0 Å². The van der Waals surface area contributed by atoms with Crippen molar-refractivity contribution < 1.29 is 9.59 Å². The summed E-state index contributed by atoms with van der Waals surface area (Å²) in [5.74, 6) is -0.529. The highest BCUT2D eigenvalue weighted by Crippen LogP contribution is 2.21. The van der Waals surface area contributed by atoms with Crippen LogP contribution in [-0.2, 0) is 16.1 Å². The molecule has 0 unspecified atom stereocenters. The second-order valence-electron chi connectivity index (χ2n) is 5.76. The Labute approximate surface area is 124 Å². The summed E-state index contributed by atoms with van der Waals surface area (Å²) in [4.78, 5) is 29.7. The smallest absolute Gasteiger partial charge is 0.246 e. The molecule has 0 saturated carbocycles. The maximum atomic E-state index is 11.9. The first-order valence-electron chi connectivity index (χ1n) is 7.21. The summed E-state index contributed by atoms with van der Waals surface area (Å²) in [6.45, 7) is 7.30. The highest BCUT2D eigenvalue weighted by atomic mass is 16.2.